The molecule has 3 aromatic rings. The fraction of sp³-hybridized carbons (Fsp3) is 0.200. The number of aromatic carboxylic acids is 1. The second kappa shape index (κ2) is 6.80. The molecule has 3 heterocycles. The molecule has 8 heteroatoms. The SMILES string of the molecule is Cc1c(-c2ccnc(Nc3cccc(C(=O)O)c3)n2)c(C)n2c1C(=O)NCC2. The van der Waals surface area contributed by atoms with Gasteiger partial charge in [0.15, 0.2) is 0 Å². The van der Waals surface area contributed by atoms with Crippen LogP contribution in [0, 0.1) is 13.8 Å². The van der Waals surface area contributed by atoms with Gasteiger partial charge < -0.3 is 20.3 Å². The summed E-state index contributed by atoms with van der Waals surface area (Å²) >= 11 is 0. The summed E-state index contributed by atoms with van der Waals surface area (Å²) in [6.07, 6.45) is 1.64. The van der Waals surface area contributed by atoms with Crippen molar-refractivity contribution >= 4 is 23.5 Å². The summed E-state index contributed by atoms with van der Waals surface area (Å²) in [5.41, 5.74) is 4.92. The molecule has 0 atom stereocenters. The van der Waals surface area contributed by atoms with E-state index in [2.05, 4.69) is 20.6 Å². The van der Waals surface area contributed by atoms with Crippen LogP contribution in [0.3, 0.4) is 0 Å². The fourth-order valence-electron chi connectivity index (χ4n) is 3.63. The fourth-order valence-corrected chi connectivity index (χ4v) is 3.63. The third-order valence-corrected chi connectivity index (χ3v) is 4.88. The second-order valence-electron chi connectivity index (χ2n) is 6.62. The van der Waals surface area contributed by atoms with E-state index < -0.39 is 5.97 Å². The number of nitrogens with one attached hydrogen (secondary N) is 2. The first-order valence-corrected chi connectivity index (χ1v) is 8.87. The van der Waals surface area contributed by atoms with Crippen LogP contribution >= 0.6 is 0 Å². The third kappa shape index (κ3) is 2.98. The van der Waals surface area contributed by atoms with E-state index >= 15 is 0 Å². The molecule has 1 aromatic carbocycles. The molecule has 8 nitrogen and oxygen atoms in total. The van der Waals surface area contributed by atoms with Gasteiger partial charge >= 0.3 is 5.97 Å². The van der Waals surface area contributed by atoms with E-state index in [-0.39, 0.29) is 11.5 Å². The summed E-state index contributed by atoms with van der Waals surface area (Å²) in [6.45, 7) is 5.24. The van der Waals surface area contributed by atoms with Crippen molar-refractivity contribution in [2.45, 2.75) is 20.4 Å². The highest BCUT2D eigenvalue weighted by atomic mass is 16.4. The van der Waals surface area contributed by atoms with Crippen LogP contribution in [0.15, 0.2) is 36.5 Å². The molecule has 4 rings (SSSR count). The number of benzene rings is 1. The van der Waals surface area contributed by atoms with Gasteiger partial charge in [0, 0.05) is 36.2 Å². The molecule has 1 aliphatic heterocycles. The molecule has 0 saturated heterocycles. The number of carbonyl (C=O) groups excluding carboxylic acids is 1. The molecule has 28 heavy (non-hydrogen) atoms. The minimum absolute atomic E-state index is 0.0732. The molecule has 0 unspecified atom stereocenters. The topological polar surface area (TPSA) is 109 Å². The maximum Gasteiger partial charge on any atom is 0.335 e. The number of hydrogen-bond acceptors (Lipinski definition) is 5. The molecular formula is C20H19N5O3. The lowest BCUT2D eigenvalue weighted by molar-refractivity contribution is 0.0696. The predicted molar refractivity (Wildman–Crippen MR) is 104 cm³/mol. The standard InChI is InChI=1S/C20H19N5O3/c1-11-16(12(2)25-9-8-21-18(26)17(11)25)15-6-7-22-20(24-15)23-14-5-3-4-13(10-14)19(27)28/h3-7,10H,8-9H2,1-2H3,(H,21,26)(H,27,28)(H,22,23,24). The molecule has 0 bridgehead atoms. The van der Waals surface area contributed by atoms with E-state index in [1.54, 1.807) is 24.4 Å². The zero-order chi connectivity index (χ0) is 19.8. The number of aromatic nitrogens is 3. The highest BCUT2D eigenvalue weighted by Crippen LogP contribution is 2.32. The number of fused-ring (bicyclic) bond motifs is 1. The van der Waals surface area contributed by atoms with E-state index in [4.69, 9.17) is 5.11 Å². The number of nitrogens with zero attached hydrogens (tertiary/aromatic N) is 3. The van der Waals surface area contributed by atoms with Crippen LogP contribution in [-0.4, -0.2) is 38.1 Å². The van der Waals surface area contributed by atoms with Crippen LogP contribution in [0.4, 0.5) is 11.6 Å². The van der Waals surface area contributed by atoms with Gasteiger partial charge in [-0.25, -0.2) is 14.8 Å². The lowest BCUT2D eigenvalue weighted by atomic mass is 10.1. The Hall–Kier alpha value is -3.68. The van der Waals surface area contributed by atoms with Crippen molar-refractivity contribution in [3.63, 3.8) is 0 Å². The summed E-state index contributed by atoms with van der Waals surface area (Å²) in [5.74, 6) is -0.717. The zero-order valence-corrected chi connectivity index (χ0v) is 15.5. The molecule has 2 aromatic heterocycles. The van der Waals surface area contributed by atoms with E-state index in [1.165, 1.54) is 12.1 Å². The van der Waals surface area contributed by atoms with Crippen molar-refractivity contribution in [2.24, 2.45) is 0 Å². The highest BCUT2D eigenvalue weighted by molar-refractivity contribution is 5.97. The second-order valence-corrected chi connectivity index (χ2v) is 6.62. The quantitative estimate of drug-likeness (QED) is 0.645. The number of carbonyl (C=O) groups is 2. The summed E-state index contributed by atoms with van der Waals surface area (Å²) in [6, 6.07) is 8.26. The van der Waals surface area contributed by atoms with Crippen molar-refractivity contribution in [1.29, 1.82) is 0 Å². The van der Waals surface area contributed by atoms with Gasteiger partial charge in [-0.05, 0) is 43.7 Å². The van der Waals surface area contributed by atoms with Crippen LogP contribution in [0.1, 0.15) is 32.1 Å². The lowest BCUT2D eigenvalue weighted by Gasteiger charge is -2.17. The summed E-state index contributed by atoms with van der Waals surface area (Å²) < 4.78 is 2.02. The van der Waals surface area contributed by atoms with E-state index in [1.807, 2.05) is 18.4 Å². The van der Waals surface area contributed by atoms with Gasteiger partial charge in [-0.15, -0.1) is 0 Å². The Morgan fingerprint density at radius 1 is 1.29 bits per heavy atom. The van der Waals surface area contributed by atoms with Crippen LogP contribution in [-0.2, 0) is 6.54 Å². The first-order valence-electron chi connectivity index (χ1n) is 8.87. The Kier molecular flexibility index (Phi) is 4.31. The van der Waals surface area contributed by atoms with E-state index in [0.717, 1.165) is 23.4 Å². The third-order valence-electron chi connectivity index (χ3n) is 4.88. The van der Waals surface area contributed by atoms with Crippen LogP contribution in [0.5, 0.6) is 0 Å². The minimum Gasteiger partial charge on any atom is -0.478 e. The van der Waals surface area contributed by atoms with E-state index in [9.17, 15) is 9.59 Å². The molecule has 0 spiro atoms. The zero-order valence-electron chi connectivity index (χ0n) is 15.5. The average Bonchev–Trinajstić information content (AvgIpc) is 2.94. The maximum atomic E-state index is 12.3. The maximum absolute atomic E-state index is 12.3. The van der Waals surface area contributed by atoms with Gasteiger partial charge in [0.25, 0.3) is 5.91 Å². The van der Waals surface area contributed by atoms with Crippen molar-refractivity contribution in [3.05, 3.63) is 59.0 Å². The normalized spacial score (nSPS) is 13.0. The van der Waals surface area contributed by atoms with Crippen LogP contribution in [0.2, 0.25) is 0 Å². The van der Waals surface area contributed by atoms with Crippen molar-refractivity contribution in [1.82, 2.24) is 19.9 Å². The molecule has 0 aliphatic carbocycles. The van der Waals surface area contributed by atoms with Crippen LogP contribution < -0.4 is 10.6 Å². The number of carboxylic acids is 1. The van der Waals surface area contributed by atoms with Gasteiger partial charge in [-0.1, -0.05) is 6.07 Å². The van der Waals surface area contributed by atoms with Crippen molar-refractivity contribution in [2.75, 3.05) is 11.9 Å². The smallest absolute Gasteiger partial charge is 0.335 e. The van der Waals surface area contributed by atoms with E-state index in [0.29, 0.717) is 29.6 Å². The summed E-state index contributed by atoms with van der Waals surface area (Å²) in [5, 5.41) is 15.1. The number of rotatable bonds is 4. The van der Waals surface area contributed by atoms with Gasteiger partial charge in [0.2, 0.25) is 5.95 Å². The lowest BCUT2D eigenvalue weighted by Crippen LogP contribution is -2.35. The molecule has 3 N–H and O–H groups in total. The van der Waals surface area contributed by atoms with Crippen molar-refractivity contribution < 1.29 is 14.7 Å². The monoisotopic (exact) mass is 377 g/mol. The van der Waals surface area contributed by atoms with Crippen LogP contribution in [0.25, 0.3) is 11.3 Å². The first kappa shape index (κ1) is 17.7. The molecular weight excluding hydrogens is 358 g/mol. The largest absolute Gasteiger partial charge is 0.478 e. The minimum atomic E-state index is -0.998. The summed E-state index contributed by atoms with van der Waals surface area (Å²) in [7, 11) is 0. The first-order chi connectivity index (χ1) is 13.5. The van der Waals surface area contributed by atoms with Gasteiger partial charge in [0.05, 0.1) is 11.3 Å². The Labute approximate surface area is 161 Å². The van der Waals surface area contributed by atoms with Gasteiger partial charge in [0.1, 0.15) is 5.69 Å². The molecule has 0 fully saturated rings. The van der Waals surface area contributed by atoms with Gasteiger partial charge in [-0.2, -0.15) is 0 Å². The molecule has 142 valence electrons. The molecule has 1 amide bonds. The number of amides is 1. The number of anilines is 2. The highest BCUT2D eigenvalue weighted by Gasteiger charge is 2.26. The number of carboxylic acid groups (broad SMARTS) is 1. The molecule has 1 aliphatic rings. The average molecular weight is 377 g/mol. The summed E-state index contributed by atoms with van der Waals surface area (Å²) in [4.78, 5) is 32.2. The number of hydrogen-bond donors (Lipinski definition) is 3. The Balaban J connectivity index is 1.72. The Bertz CT molecular complexity index is 1100. The van der Waals surface area contributed by atoms with Crippen molar-refractivity contribution in [3.8, 4) is 11.3 Å². The Morgan fingerprint density at radius 3 is 2.86 bits per heavy atom. The molecule has 0 saturated carbocycles. The molecule has 0 radical (unpaired) electrons. The predicted octanol–water partition coefficient (Wildman–Crippen LogP) is 2.75. The van der Waals surface area contributed by atoms with Gasteiger partial charge in [-0.3, -0.25) is 4.79 Å². The Morgan fingerprint density at radius 2 is 2.11 bits per heavy atom.